The first-order valence-electron chi connectivity index (χ1n) is 12.0. The van der Waals surface area contributed by atoms with Gasteiger partial charge in [0.05, 0.1) is 11.8 Å². The Morgan fingerprint density at radius 1 is 0.969 bits per heavy atom. The highest BCUT2D eigenvalue weighted by molar-refractivity contribution is 5.97. The molecular weight excluding hydrogens is 409 g/mol. The van der Waals surface area contributed by atoms with Gasteiger partial charge in [-0.2, -0.15) is 0 Å². The van der Waals surface area contributed by atoms with Gasteiger partial charge in [-0.05, 0) is 101 Å². The summed E-state index contributed by atoms with van der Waals surface area (Å²) >= 11 is 0. The Hall–Kier alpha value is -2.28. The average Bonchev–Trinajstić information content (AvgIpc) is 3.41. The molecule has 4 unspecified atom stereocenters. The van der Waals surface area contributed by atoms with Crippen LogP contribution in [0.1, 0.15) is 55.3 Å². The van der Waals surface area contributed by atoms with E-state index in [9.17, 15) is 18.8 Å². The summed E-state index contributed by atoms with van der Waals surface area (Å²) < 4.78 is 13.1. The Morgan fingerprint density at radius 2 is 1.62 bits per heavy atom. The molecule has 1 aliphatic heterocycles. The third-order valence-corrected chi connectivity index (χ3v) is 7.84. The molecule has 4 atom stereocenters. The highest BCUT2D eigenvalue weighted by Crippen LogP contribution is 2.52. The number of nitrogens with two attached hydrogens (primary N) is 1. The number of amides is 2. The van der Waals surface area contributed by atoms with Crippen LogP contribution in [-0.4, -0.2) is 48.7 Å². The van der Waals surface area contributed by atoms with E-state index in [0.717, 1.165) is 64.6 Å². The van der Waals surface area contributed by atoms with Gasteiger partial charge in [-0.3, -0.25) is 14.4 Å². The minimum Gasteiger partial charge on any atom is -0.369 e. The highest BCUT2D eigenvalue weighted by atomic mass is 19.1. The number of unbranched alkanes of at least 4 members (excludes halogenated alkanes) is 1. The molecular formula is C25H34FN3O3. The fourth-order valence-corrected chi connectivity index (χ4v) is 6.14. The van der Waals surface area contributed by atoms with Crippen LogP contribution < -0.4 is 11.1 Å². The van der Waals surface area contributed by atoms with Crippen LogP contribution in [0.15, 0.2) is 24.3 Å². The van der Waals surface area contributed by atoms with Crippen molar-refractivity contribution in [3.8, 4) is 0 Å². The first kappa shape index (κ1) is 22.9. The molecule has 0 spiro atoms. The standard InChI is InChI=1S/C25H34FN3O3/c26-20-7-5-16(6-8-20)23(30)17-9-13-29(14-10-17)12-2-1-11-28-25(32)22-19-4-3-18(15-19)21(22)24(27)31/h5-8,17-19,21-22H,1-4,9-15H2,(H2,27,31)(H,28,32). The Kier molecular flexibility index (Phi) is 7.23. The predicted molar refractivity (Wildman–Crippen MR) is 119 cm³/mol. The molecule has 2 saturated carbocycles. The van der Waals surface area contributed by atoms with Crippen molar-refractivity contribution in [3.05, 3.63) is 35.6 Å². The second-order valence-electron chi connectivity index (χ2n) is 9.77. The van der Waals surface area contributed by atoms with Gasteiger partial charge in [0.25, 0.3) is 0 Å². The van der Waals surface area contributed by atoms with Crippen LogP contribution >= 0.6 is 0 Å². The smallest absolute Gasteiger partial charge is 0.224 e. The monoisotopic (exact) mass is 443 g/mol. The molecule has 2 amide bonds. The molecule has 1 aromatic rings. The van der Waals surface area contributed by atoms with E-state index in [1.165, 1.54) is 12.1 Å². The topological polar surface area (TPSA) is 92.5 Å². The van der Waals surface area contributed by atoms with E-state index in [-0.39, 0.29) is 41.2 Å². The third kappa shape index (κ3) is 5.03. The average molecular weight is 444 g/mol. The summed E-state index contributed by atoms with van der Waals surface area (Å²) in [4.78, 5) is 39.4. The second-order valence-corrected chi connectivity index (χ2v) is 9.77. The van der Waals surface area contributed by atoms with Crippen molar-refractivity contribution in [2.45, 2.75) is 44.9 Å². The second kappa shape index (κ2) is 10.1. The maximum absolute atomic E-state index is 13.1. The molecule has 174 valence electrons. The quantitative estimate of drug-likeness (QED) is 0.453. The predicted octanol–water partition coefficient (Wildman–Crippen LogP) is 2.76. The molecule has 1 aromatic carbocycles. The van der Waals surface area contributed by atoms with Gasteiger partial charge in [0, 0.05) is 18.0 Å². The number of nitrogens with zero attached hydrogens (tertiary/aromatic N) is 1. The van der Waals surface area contributed by atoms with Crippen molar-refractivity contribution in [2.24, 2.45) is 35.3 Å². The van der Waals surface area contributed by atoms with Gasteiger partial charge in [0.2, 0.25) is 11.8 Å². The van der Waals surface area contributed by atoms with E-state index in [2.05, 4.69) is 10.2 Å². The fourth-order valence-electron chi connectivity index (χ4n) is 6.14. The largest absolute Gasteiger partial charge is 0.369 e. The summed E-state index contributed by atoms with van der Waals surface area (Å²) in [6.07, 6.45) is 6.54. The third-order valence-electron chi connectivity index (χ3n) is 7.84. The van der Waals surface area contributed by atoms with Gasteiger partial charge < -0.3 is 16.0 Å². The van der Waals surface area contributed by atoms with Crippen molar-refractivity contribution >= 4 is 17.6 Å². The number of Topliss-reactive ketones (excluding diaryl/α,β-unsaturated/α-hetero) is 1. The molecule has 7 heteroatoms. The first-order chi connectivity index (χ1) is 15.4. The van der Waals surface area contributed by atoms with Crippen molar-refractivity contribution in [1.82, 2.24) is 10.2 Å². The number of likely N-dealkylation sites (tertiary alicyclic amines) is 1. The Morgan fingerprint density at radius 3 is 2.28 bits per heavy atom. The lowest BCUT2D eigenvalue weighted by Gasteiger charge is -2.31. The van der Waals surface area contributed by atoms with Gasteiger partial charge >= 0.3 is 0 Å². The van der Waals surface area contributed by atoms with E-state index in [1.807, 2.05) is 0 Å². The Balaban J connectivity index is 1.12. The first-order valence-corrected chi connectivity index (χ1v) is 12.0. The lowest BCUT2D eigenvalue weighted by molar-refractivity contribution is -0.135. The van der Waals surface area contributed by atoms with E-state index in [4.69, 9.17) is 5.73 Å². The number of hydrogen-bond acceptors (Lipinski definition) is 4. The number of ketones is 1. The molecule has 3 aliphatic rings. The molecule has 0 aromatic heterocycles. The zero-order valence-corrected chi connectivity index (χ0v) is 18.6. The Bertz CT molecular complexity index is 835. The molecule has 3 fully saturated rings. The molecule has 32 heavy (non-hydrogen) atoms. The van der Waals surface area contributed by atoms with Crippen LogP contribution in [-0.2, 0) is 9.59 Å². The van der Waals surface area contributed by atoms with E-state index in [1.54, 1.807) is 12.1 Å². The van der Waals surface area contributed by atoms with Crippen LogP contribution in [0.3, 0.4) is 0 Å². The van der Waals surface area contributed by atoms with E-state index in [0.29, 0.717) is 23.9 Å². The summed E-state index contributed by atoms with van der Waals surface area (Å²) in [5, 5.41) is 3.04. The van der Waals surface area contributed by atoms with Crippen molar-refractivity contribution in [2.75, 3.05) is 26.2 Å². The van der Waals surface area contributed by atoms with Gasteiger partial charge in [0.15, 0.2) is 5.78 Å². The van der Waals surface area contributed by atoms with Gasteiger partial charge in [-0.1, -0.05) is 0 Å². The zero-order valence-electron chi connectivity index (χ0n) is 18.6. The fraction of sp³-hybridized carbons (Fsp3) is 0.640. The minimum atomic E-state index is -0.323. The van der Waals surface area contributed by atoms with Crippen molar-refractivity contribution < 1.29 is 18.8 Å². The SMILES string of the molecule is NC(=O)C1C2CCC(C2)C1C(=O)NCCCCN1CCC(C(=O)c2ccc(F)cc2)CC1. The summed E-state index contributed by atoms with van der Waals surface area (Å²) in [6, 6.07) is 5.82. The van der Waals surface area contributed by atoms with Crippen LogP contribution in [0.25, 0.3) is 0 Å². The minimum absolute atomic E-state index is 0.00104. The maximum atomic E-state index is 13.1. The molecule has 2 aliphatic carbocycles. The van der Waals surface area contributed by atoms with Crippen molar-refractivity contribution in [3.63, 3.8) is 0 Å². The molecule has 2 bridgehead atoms. The lowest BCUT2D eigenvalue weighted by Crippen LogP contribution is -2.43. The van der Waals surface area contributed by atoms with Gasteiger partial charge in [-0.15, -0.1) is 0 Å². The molecule has 6 nitrogen and oxygen atoms in total. The molecule has 0 radical (unpaired) electrons. The molecule has 1 heterocycles. The summed E-state index contributed by atoms with van der Waals surface area (Å²) in [5.74, 6) is -0.423. The van der Waals surface area contributed by atoms with Crippen LogP contribution in [0.2, 0.25) is 0 Å². The number of carbonyl (C=O) groups excluding carboxylic acids is 3. The van der Waals surface area contributed by atoms with E-state index >= 15 is 0 Å². The highest BCUT2D eigenvalue weighted by Gasteiger charge is 2.53. The molecule has 1 saturated heterocycles. The summed E-state index contributed by atoms with van der Waals surface area (Å²) in [6.45, 7) is 3.34. The number of rotatable bonds is 9. The number of halogens is 1. The number of primary amides is 1. The van der Waals surface area contributed by atoms with Gasteiger partial charge in [-0.25, -0.2) is 4.39 Å². The molecule has 4 rings (SSSR count). The van der Waals surface area contributed by atoms with E-state index < -0.39 is 0 Å². The number of piperidine rings is 1. The lowest BCUT2D eigenvalue weighted by atomic mass is 9.78. The van der Waals surface area contributed by atoms with Crippen LogP contribution in [0.5, 0.6) is 0 Å². The maximum Gasteiger partial charge on any atom is 0.224 e. The van der Waals surface area contributed by atoms with Crippen molar-refractivity contribution in [1.29, 1.82) is 0 Å². The van der Waals surface area contributed by atoms with Crippen LogP contribution in [0.4, 0.5) is 4.39 Å². The van der Waals surface area contributed by atoms with Gasteiger partial charge in [0.1, 0.15) is 5.82 Å². The molecule has 3 N–H and O–H groups in total. The normalized spacial score (nSPS) is 28.0. The Labute approximate surface area is 189 Å². The number of benzene rings is 1. The van der Waals surface area contributed by atoms with Crippen LogP contribution in [0, 0.1) is 35.4 Å². The summed E-state index contributed by atoms with van der Waals surface area (Å²) in [5.41, 5.74) is 6.17. The zero-order chi connectivity index (χ0) is 22.7. The number of hydrogen-bond donors (Lipinski definition) is 2. The number of fused-ring (bicyclic) bond motifs is 2. The number of nitrogens with one attached hydrogen (secondary N) is 1. The summed E-state index contributed by atoms with van der Waals surface area (Å²) in [7, 11) is 0. The number of carbonyl (C=O) groups is 3.